The van der Waals surface area contributed by atoms with Gasteiger partial charge in [-0.15, -0.1) is 11.3 Å². The normalized spacial score (nSPS) is 18.8. The number of amides is 1. The summed E-state index contributed by atoms with van der Waals surface area (Å²) < 4.78 is 0. The summed E-state index contributed by atoms with van der Waals surface area (Å²) in [6, 6.07) is 12.3. The van der Waals surface area contributed by atoms with Gasteiger partial charge in [0.2, 0.25) is 0 Å². The average molecular weight is 339 g/mol. The Labute approximate surface area is 145 Å². The molecule has 0 spiro atoms. The fourth-order valence-electron chi connectivity index (χ4n) is 3.48. The molecule has 0 bridgehead atoms. The zero-order chi connectivity index (χ0) is 16.4. The van der Waals surface area contributed by atoms with Gasteiger partial charge in [0.05, 0.1) is 11.1 Å². The van der Waals surface area contributed by atoms with Crippen LogP contribution in [0.25, 0.3) is 10.9 Å². The van der Waals surface area contributed by atoms with E-state index in [1.807, 2.05) is 30.5 Å². The second kappa shape index (κ2) is 6.79. The number of hydrogen-bond acceptors (Lipinski definition) is 3. The molecule has 24 heavy (non-hydrogen) atoms. The van der Waals surface area contributed by atoms with E-state index in [9.17, 15) is 4.79 Å². The van der Waals surface area contributed by atoms with Gasteiger partial charge in [0, 0.05) is 35.6 Å². The van der Waals surface area contributed by atoms with Gasteiger partial charge in [-0.05, 0) is 43.0 Å². The average Bonchev–Trinajstić information content (AvgIpc) is 3.25. The Morgan fingerprint density at radius 1 is 1.29 bits per heavy atom. The minimum atomic E-state index is 0.0195. The van der Waals surface area contributed by atoms with Gasteiger partial charge in [0.15, 0.2) is 0 Å². The summed E-state index contributed by atoms with van der Waals surface area (Å²) in [5.74, 6) is 0.0195. The molecule has 1 aromatic carbocycles. The number of benzene rings is 1. The smallest absolute Gasteiger partial charge is 0.253 e. The Kier molecular flexibility index (Phi) is 4.36. The fraction of sp³-hybridized carbons (Fsp3) is 0.316. The molecule has 1 unspecified atom stereocenters. The first-order valence-corrected chi connectivity index (χ1v) is 9.29. The Bertz CT molecular complexity index is 824. The molecule has 1 atom stereocenters. The van der Waals surface area contributed by atoms with Crippen LogP contribution >= 0.6 is 11.3 Å². The second-order valence-electron chi connectivity index (χ2n) is 6.37. The highest BCUT2D eigenvalue weighted by Gasteiger charge is 2.22. The van der Waals surface area contributed by atoms with Crippen molar-refractivity contribution in [3.05, 3.63) is 58.4 Å². The minimum Gasteiger partial charge on any atom is -0.361 e. The zero-order valence-electron chi connectivity index (χ0n) is 13.5. The molecule has 1 amide bonds. The van der Waals surface area contributed by atoms with Crippen molar-refractivity contribution in [1.29, 1.82) is 0 Å². The molecule has 0 saturated carbocycles. The topological polar surface area (TPSA) is 48.1 Å². The first-order chi connectivity index (χ1) is 11.8. The van der Waals surface area contributed by atoms with Crippen molar-refractivity contribution in [2.75, 3.05) is 13.1 Å². The zero-order valence-corrected chi connectivity index (χ0v) is 14.3. The Morgan fingerprint density at radius 2 is 2.25 bits per heavy atom. The van der Waals surface area contributed by atoms with E-state index in [-0.39, 0.29) is 11.9 Å². The van der Waals surface area contributed by atoms with Crippen LogP contribution in [-0.4, -0.2) is 34.9 Å². The number of para-hydroxylation sites is 1. The summed E-state index contributed by atoms with van der Waals surface area (Å²) in [5, 5.41) is 6.42. The lowest BCUT2D eigenvalue weighted by atomic mass is 10.0. The van der Waals surface area contributed by atoms with E-state index in [1.54, 1.807) is 11.3 Å². The number of aromatic nitrogens is 1. The Morgan fingerprint density at radius 3 is 3.12 bits per heavy atom. The second-order valence-corrected chi connectivity index (χ2v) is 7.41. The molecule has 4 rings (SSSR count). The van der Waals surface area contributed by atoms with E-state index in [4.69, 9.17) is 0 Å². The van der Waals surface area contributed by atoms with Crippen LogP contribution < -0.4 is 5.32 Å². The van der Waals surface area contributed by atoms with Crippen molar-refractivity contribution in [3.63, 3.8) is 0 Å². The number of H-pyrrole nitrogens is 1. The first-order valence-electron chi connectivity index (χ1n) is 8.41. The van der Waals surface area contributed by atoms with Crippen molar-refractivity contribution >= 4 is 28.1 Å². The standard InChI is InChI=1S/C19H21N3OS/c23-19(17-7-1-4-14-8-9-20-18(14)17)21-15-5-2-10-22(12-15)13-16-6-3-11-24-16/h1,3-4,6-9,11,15,20H,2,5,10,12-13H2,(H,21,23). The van der Waals surface area contributed by atoms with E-state index in [0.29, 0.717) is 0 Å². The third-order valence-electron chi connectivity index (χ3n) is 4.63. The van der Waals surface area contributed by atoms with Crippen molar-refractivity contribution in [2.24, 2.45) is 0 Å². The number of aromatic amines is 1. The van der Waals surface area contributed by atoms with Crippen LogP contribution in [0.1, 0.15) is 28.1 Å². The molecule has 1 saturated heterocycles. The van der Waals surface area contributed by atoms with E-state index in [1.165, 1.54) is 4.88 Å². The van der Waals surface area contributed by atoms with E-state index in [2.05, 4.69) is 32.7 Å². The summed E-state index contributed by atoms with van der Waals surface area (Å²) in [6.07, 6.45) is 4.06. The highest BCUT2D eigenvalue weighted by Crippen LogP contribution is 2.19. The molecular weight excluding hydrogens is 318 g/mol. The lowest BCUT2D eigenvalue weighted by Gasteiger charge is -2.32. The number of piperidine rings is 1. The fourth-order valence-corrected chi connectivity index (χ4v) is 4.22. The summed E-state index contributed by atoms with van der Waals surface area (Å²) in [5.41, 5.74) is 1.65. The van der Waals surface area contributed by atoms with Gasteiger partial charge in [-0.2, -0.15) is 0 Å². The lowest BCUT2D eigenvalue weighted by Crippen LogP contribution is -2.47. The van der Waals surface area contributed by atoms with Crippen molar-refractivity contribution in [1.82, 2.24) is 15.2 Å². The van der Waals surface area contributed by atoms with Gasteiger partial charge in [-0.3, -0.25) is 9.69 Å². The van der Waals surface area contributed by atoms with E-state index < -0.39 is 0 Å². The maximum Gasteiger partial charge on any atom is 0.253 e. The van der Waals surface area contributed by atoms with Crippen LogP contribution in [0.2, 0.25) is 0 Å². The quantitative estimate of drug-likeness (QED) is 0.763. The largest absolute Gasteiger partial charge is 0.361 e. The van der Waals surface area contributed by atoms with E-state index in [0.717, 1.165) is 48.9 Å². The molecule has 0 radical (unpaired) electrons. The summed E-state index contributed by atoms with van der Waals surface area (Å²) in [4.78, 5) is 19.7. The van der Waals surface area contributed by atoms with Crippen LogP contribution in [0.15, 0.2) is 48.0 Å². The maximum absolute atomic E-state index is 12.7. The molecular formula is C19H21N3OS. The predicted molar refractivity (Wildman–Crippen MR) is 98.4 cm³/mol. The van der Waals surface area contributed by atoms with Gasteiger partial charge in [0.25, 0.3) is 5.91 Å². The minimum absolute atomic E-state index is 0.0195. The third kappa shape index (κ3) is 3.23. The summed E-state index contributed by atoms with van der Waals surface area (Å²) >= 11 is 1.80. The lowest BCUT2D eigenvalue weighted by molar-refractivity contribution is 0.0902. The number of thiophene rings is 1. The van der Waals surface area contributed by atoms with Gasteiger partial charge < -0.3 is 10.3 Å². The molecule has 5 heteroatoms. The van der Waals surface area contributed by atoms with Crippen LogP contribution in [0, 0.1) is 0 Å². The Balaban J connectivity index is 1.42. The molecule has 3 aromatic rings. The Hall–Kier alpha value is -2.11. The van der Waals surface area contributed by atoms with Crippen molar-refractivity contribution in [3.8, 4) is 0 Å². The van der Waals surface area contributed by atoms with Crippen molar-refractivity contribution in [2.45, 2.75) is 25.4 Å². The number of rotatable bonds is 4. The monoisotopic (exact) mass is 339 g/mol. The molecule has 124 valence electrons. The highest BCUT2D eigenvalue weighted by atomic mass is 32.1. The predicted octanol–water partition coefficient (Wildman–Crippen LogP) is 3.62. The number of nitrogens with one attached hydrogen (secondary N) is 2. The number of hydrogen-bond donors (Lipinski definition) is 2. The number of nitrogens with zero attached hydrogens (tertiary/aromatic N) is 1. The van der Waals surface area contributed by atoms with Crippen LogP contribution in [0.3, 0.4) is 0 Å². The summed E-state index contributed by atoms with van der Waals surface area (Å²) in [7, 11) is 0. The number of likely N-dealkylation sites (tertiary alicyclic amines) is 1. The maximum atomic E-state index is 12.7. The molecule has 0 aliphatic carbocycles. The van der Waals surface area contributed by atoms with Crippen molar-refractivity contribution < 1.29 is 4.79 Å². The first kappa shape index (κ1) is 15.4. The molecule has 2 N–H and O–H groups in total. The van der Waals surface area contributed by atoms with Gasteiger partial charge in [-0.1, -0.05) is 18.2 Å². The summed E-state index contributed by atoms with van der Waals surface area (Å²) in [6.45, 7) is 3.01. The molecule has 4 nitrogen and oxygen atoms in total. The molecule has 2 aromatic heterocycles. The van der Waals surface area contributed by atoms with Gasteiger partial charge >= 0.3 is 0 Å². The van der Waals surface area contributed by atoms with Gasteiger partial charge in [0.1, 0.15) is 0 Å². The number of carbonyl (C=O) groups is 1. The third-order valence-corrected chi connectivity index (χ3v) is 5.49. The SMILES string of the molecule is O=C(NC1CCCN(Cc2cccs2)C1)c1cccc2cc[nH]c12. The number of fused-ring (bicyclic) bond motifs is 1. The van der Waals surface area contributed by atoms with E-state index >= 15 is 0 Å². The van der Waals surface area contributed by atoms with Crippen LogP contribution in [0.5, 0.6) is 0 Å². The molecule has 1 aliphatic rings. The molecule has 1 fully saturated rings. The van der Waals surface area contributed by atoms with Crippen LogP contribution in [0.4, 0.5) is 0 Å². The van der Waals surface area contributed by atoms with Gasteiger partial charge in [-0.25, -0.2) is 0 Å². The molecule has 1 aliphatic heterocycles. The number of carbonyl (C=O) groups excluding carboxylic acids is 1. The molecule has 3 heterocycles. The highest BCUT2D eigenvalue weighted by molar-refractivity contribution is 7.09. The van der Waals surface area contributed by atoms with Crippen LogP contribution in [-0.2, 0) is 6.54 Å².